The molecule has 1 aromatic heterocycles. The third-order valence-corrected chi connectivity index (χ3v) is 5.17. The number of anilines is 1. The van der Waals surface area contributed by atoms with Gasteiger partial charge in [-0.1, -0.05) is 41.9 Å². The van der Waals surface area contributed by atoms with Crippen LogP contribution < -0.4 is 15.0 Å². The smallest absolute Gasteiger partial charge is 0.237 e. The molecule has 29 heavy (non-hydrogen) atoms. The van der Waals surface area contributed by atoms with E-state index in [1.54, 1.807) is 0 Å². The predicted octanol–water partition coefficient (Wildman–Crippen LogP) is 3.08. The van der Waals surface area contributed by atoms with Crippen LogP contribution in [-0.2, 0) is 16.1 Å². The summed E-state index contributed by atoms with van der Waals surface area (Å²) in [5.41, 5.74) is 1.17. The molecule has 0 unspecified atom stereocenters. The zero-order valence-electron chi connectivity index (χ0n) is 16.8. The van der Waals surface area contributed by atoms with Crippen LogP contribution in [0.5, 0.6) is 5.88 Å². The Morgan fingerprint density at radius 3 is 2.76 bits per heavy atom. The Balaban J connectivity index is 1.44. The number of benzene rings is 1. The van der Waals surface area contributed by atoms with Crippen molar-refractivity contribution in [3.63, 3.8) is 0 Å². The van der Waals surface area contributed by atoms with Crippen LogP contribution >= 0.6 is 11.6 Å². The van der Waals surface area contributed by atoms with E-state index in [2.05, 4.69) is 27.4 Å². The minimum Gasteiger partial charge on any atom is -0.476 e. The fraction of sp³-hybridized carbons (Fsp3) is 0.476. The van der Waals surface area contributed by atoms with Gasteiger partial charge in [-0.25, -0.2) is 9.97 Å². The molecule has 0 bridgehead atoms. The van der Waals surface area contributed by atoms with Crippen molar-refractivity contribution in [3.8, 4) is 5.88 Å². The second kappa shape index (κ2) is 10.4. The molecular formula is C21H27ClN4O3. The highest BCUT2D eigenvalue weighted by atomic mass is 35.5. The van der Waals surface area contributed by atoms with Crippen molar-refractivity contribution in [2.24, 2.45) is 5.92 Å². The van der Waals surface area contributed by atoms with Crippen LogP contribution in [0.1, 0.15) is 25.3 Å². The van der Waals surface area contributed by atoms with Crippen molar-refractivity contribution in [1.82, 2.24) is 15.3 Å². The van der Waals surface area contributed by atoms with E-state index in [1.807, 2.05) is 30.1 Å². The van der Waals surface area contributed by atoms with E-state index in [4.69, 9.17) is 21.1 Å². The molecule has 1 aliphatic carbocycles. The number of hydrogen-bond donors (Lipinski definition) is 1. The third-order valence-electron chi connectivity index (χ3n) is 4.84. The number of ether oxygens (including phenoxy) is 2. The first-order valence-electron chi connectivity index (χ1n) is 9.77. The lowest BCUT2D eigenvalue weighted by molar-refractivity contribution is -0.119. The van der Waals surface area contributed by atoms with Crippen LogP contribution in [0.4, 0.5) is 5.82 Å². The van der Waals surface area contributed by atoms with E-state index in [9.17, 15) is 4.79 Å². The number of carbonyl (C=O) groups is 1. The van der Waals surface area contributed by atoms with Crippen molar-refractivity contribution in [3.05, 3.63) is 47.2 Å². The SMILES string of the molecule is CC(=O)NCCOC1CC(COc2ncnc(N(C)Cc3ccccc3)c2Cl)C1. The van der Waals surface area contributed by atoms with E-state index >= 15 is 0 Å². The Labute approximate surface area is 176 Å². The average molecular weight is 419 g/mol. The summed E-state index contributed by atoms with van der Waals surface area (Å²) in [4.78, 5) is 21.3. The van der Waals surface area contributed by atoms with Gasteiger partial charge < -0.3 is 19.7 Å². The molecule has 0 radical (unpaired) electrons. The first-order valence-corrected chi connectivity index (χ1v) is 10.1. The fourth-order valence-electron chi connectivity index (χ4n) is 3.24. The maximum atomic E-state index is 10.8. The monoisotopic (exact) mass is 418 g/mol. The van der Waals surface area contributed by atoms with Gasteiger partial charge in [-0.15, -0.1) is 0 Å². The van der Waals surface area contributed by atoms with Gasteiger partial charge >= 0.3 is 0 Å². The molecule has 156 valence electrons. The lowest BCUT2D eigenvalue weighted by Crippen LogP contribution is -2.37. The summed E-state index contributed by atoms with van der Waals surface area (Å²) in [6.45, 7) is 3.82. The second-order valence-corrected chi connectivity index (χ2v) is 7.66. The number of hydrogen-bond acceptors (Lipinski definition) is 6. The first-order chi connectivity index (χ1) is 14.0. The lowest BCUT2D eigenvalue weighted by atomic mass is 9.83. The van der Waals surface area contributed by atoms with E-state index < -0.39 is 0 Å². The fourth-order valence-corrected chi connectivity index (χ4v) is 3.54. The molecule has 1 fully saturated rings. The molecule has 3 rings (SSSR count). The molecule has 0 aliphatic heterocycles. The zero-order valence-corrected chi connectivity index (χ0v) is 17.6. The average Bonchev–Trinajstić information content (AvgIpc) is 2.67. The summed E-state index contributed by atoms with van der Waals surface area (Å²) in [6.07, 6.45) is 3.57. The highest BCUT2D eigenvalue weighted by Gasteiger charge is 2.30. The Morgan fingerprint density at radius 2 is 2.03 bits per heavy atom. The standard InChI is InChI=1S/C21H27ClN4O3/c1-15(27)23-8-9-28-18-10-17(11-18)13-29-21-19(22)20(24-14-25-21)26(2)12-16-6-4-3-5-7-16/h3-7,14,17-18H,8-13H2,1-2H3,(H,23,27). The third kappa shape index (κ3) is 6.30. The van der Waals surface area contributed by atoms with Crippen molar-refractivity contribution in [2.75, 3.05) is 31.7 Å². The van der Waals surface area contributed by atoms with Gasteiger partial charge in [0, 0.05) is 27.1 Å². The molecule has 1 N–H and O–H groups in total. The molecule has 0 saturated heterocycles. The molecule has 1 saturated carbocycles. The van der Waals surface area contributed by atoms with E-state index in [-0.39, 0.29) is 12.0 Å². The molecule has 0 spiro atoms. The van der Waals surface area contributed by atoms with Gasteiger partial charge in [-0.05, 0) is 24.3 Å². The Kier molecular flexibility index (Phi) is 7.66. The highest BCUT2D eigenvalue weighted by Crippen LogP contribution is 2.34. The van der Waals surface area contributed by atoms with Crippen LogP contribution in [0.3, 0.4) is 0 Å². The summed E-state index contributed by atoms with van der Waals surface area (Å²) in [5, 5.41) is 3.15. The lowest BCUT2D eigenvalue weighted by Gasteiger charge is -2.34. The molecule has 1 heterocycles. The van der Waals surface area contributed by atoms with Crippen molar-refractivity contribution in [1.29, 1.82) is 0 Å². The van der Waals surface area contributed by atoms with Crippen LogP contribution in [-0.4, -0.2) is 48.8 Å². The number of nitrogens with zero attached hydrogens (tertiary/aromatic N) is 3. The highest BCUT2D eigenvalue weighted by molar-refractivity contribution is 6.34. The summed E-state index contributed by atoms with van der Waals surface area (Å²) in [5.74, 6) is 1.43. The summed E-state index contributed by atoms with van der Waals surface area (Å²) in [6, 6.07) is 10.1. The normalized spacial score (nSPS) is 18.0. The molecule has 1 aliphatic rings. The molecule has 8 heteroatoms. The van der Waals surface area contributed by atoms with Gasteiger partial charge in [0.05, 0.1) is 19.3 Å². The summed E-state index contributed by atoms with van der Waals surface area (Å²) >= 11 is 6.50. The minimum absolute atomic E-state index is 0.0380. The van der Waals surface area contributed by atoms with Crippen LogP contribution in [0.2, 0.25) is 5.02 Å². The van der Waals surface area contributed by atoms with E-state index in [1.165, 1.54) is 18.8 Å². The quantitative estimate of drug-likeness (QED) is 0.597. The number of rotatable bonds is 10. The van der Waals surface area contributed by atoms with Gasteiger partial charge in [-0.3, -0.25) is 4.79 Å². The van der Waals surface area contributed by atoms with Gasteiger partial charge in [0.2, 0.25) is 11.8 Å². The molecule has 0 atom stereocenters. The number of nitrogens with one attached hydrogen (secondary N) is 1. The Bertz CT molecular complexity index is 800. The number of halogens is 1. The van der Waals surface area contributed by atoms with Crippen LogP contribution in [0.15, 0.2) is 36.7 Å². The zero-order chi connectivity index (χ0) is 20.6. The second-order valence-electron chi connectivity index (χ2n) is 7.28. The molecule has 7 nitrogen and oxygen atoms in total. The molecule has 1 amide bonds. The molecule has 1 aromatic carbocycles. The van der Waals surface area contributed by atoms with Gasteiger partial charge in [0.25, 0.3) is 0 Å². The van der Waals surface area contributed by atoms with Crippen LogP contribution in [0.25, 0.3) is 0 Å². The number of carbonyl (C=O) groups excluding carboxylic acids is 1. The first kappa shape index (κ1) is 21.3. The predicted molar refractivity (Wildman–Crippen MR) is 112 cm³/mol. The summed E-state index contributed by atoms with van der Waals surface area (Å²) in [7, 11) is 1.94. The van der Waals surface area contributed by atoms with Crippen LogP contribution in [0, 0.1) is 5.92 Å². The number of amides is 1. The van der Waals surface area contributed by atoms with Crippen molar-refractivity contribution in [2.45, 2.75) is 32.4 Å². The maximum Gasteiger partial charge on any atom is 0.237 e. The van der Waals surface area contributed by atoms with E-state index in [0.717, 1.165) is 12.8 Å². The Morgan fingerprint density at radius 1 is 1.28 bits per heavy atom. The largest absolute Gasteiger partial charge is 0.476 e. The topological polar surface area (TPSA) is 76.6 Å². The molecular weight excluding hydrogens is 392 g/mol. The maximum absolute atomic E-state index is 10.8. The van der Waals surface area contributed by atoms with Crippen molar-refractivity contribution < 1.29 is 14.3 Å². The molecule has 2 aromatic rings. The summed E-state index contributed by atoms with van der Waals surface area (Å²) < 4.78 is 11.6. The van der Waals surface area contributed by atoms with E-state index in [0.29, 0.717) is 48.9 Å². The minimum atomic E-state index is -0.0380. The van der Waals surface area contributed by atoms with Crippen molar-refractivity contribution >= 4 is 23.3 Å². The van der Waals surface area contributed by atoms with Gasteiger partial charge in [0.1, 0.15) is 11.3 Å². The number of aromatic nitrogens is 2. The van der Waals surface area contributed by atoms with Gasteiger partial charge in [0.15, 0.2) is 5.82 Å². The van der Waals surface area contributed by atoms with Gasteiger partial charge in [-0.2, -0.15) is 0 Å². The Hall–Kier alpha value is -2.38.